The summed E-state index contributed by atoms with van der Waals surface area (Å²) in [5, 5.41) is 10.5. The quantitative estimate of drug-likeness (QED) is 0.595. The minimum atomic E-state index is -0.285. The van der Waals surface area contributed by atoms with Crippen LogP contribution in [0.15, 0.2) is 60.7 Å². The fraction of sp³-hybridized carbons (Fsp3) is 0.227. The van der Waals surface area contributed by atoms with Gasteiger partial charge >= 0.3 is 0 Å². The zero-order valence-electron chi connectivity index (χ0n) is 16.2. The number of carbonyl (C=O) groups excluding carboxylic acids is 2. The van der Waals surface area contributed by atoms with Gasteiger partial charge in [-0.25, -0.2) is 0 Å². The fourth-order valence-corrected chi connectivity index (χ4v) is 3.12. The van der Waals surface area contributed by atoms with Crippen LogP contribution in [0.4, 0.5) is 5.82 Å². The van der Waals surface area contributed by atoms with Crippen LogP contribution < -0.4 is 10.6 Å². The van der Waals surface area contributed by atoms with Crippen LogP contribution in [0.3, 0.4) is 0 Å². The van der Waals surface area contributed by atoms with E-state index < -0.39 is 0 Å². The van der Waals surface area contributed by atoms with Gasteiger partial charge in [0.05, 0.1) is 0 Å². The minimum Gasteiger partial charge on any atom is -0.350 e. The lowest BCUT2D eigenvalue weighted by molar-refractivity contribution is -0.116. The standard InChI is InChI=1S/C22H23ClN4O2/c1-27-20(25-21(28)11-10-16-6-3-2-4-7-16)15-19(26-27)22(29)24-13-12-17-8-5-9-18(23)14-17/h2-9,14-15H,10-13H2,1H3,(H,24,29)(H,25,28). The fourth-order valence-electron chi connectivity index (χ4n) is 2.91. The Labute approximate surface area is 174 Å². The highest BCUT2D eigenvalue weighted by Gasteiger charge is 2.14. The van der Waals surface area contributed by atoms with E-state index in [0.717, 1.165) is 11.1 Å². The summed E-state index contributed by atoms with van der Waals surface area (Å²) in [7, 11) is 1.69. The van der Waals surface area contributed by atoms with Crippen molar-refractivity contribution >= 4 is 29.2 Å². The van der Waals surface area contributed by atoms with Gasteiger partial charge < -0.3 is 10.6 Å². The highest BCUT2D eigenvalue weighted by atomic mass is 35.5. The van der Waals surface area contributed by atoms with Crippen molar-refractivity contribution in [2.75, 3.05) is 11.9 Å². The number of hydrogen-bond acceptors (Lipinski definition) is 3. The van der Waals surface area contributed by atoms with Crippen LogP contribution in [-0.2, 0) is 24.7 Å². The number of rotatable bonds is 8. The van der Waals surface area contributed by atoms with E-state index in [1.807, 2.05) is 54.6 Å². The topological polar surface area (TPSA) is 76.0 Å². The molecule has 7 heteroatoms. The number of nitrogens with one attached hydrogen (secondary N) is 2. The zero-order chi connectivity index (χ0) is 20.6. The van der Waals surface area contributed by atoms with Gasteiger partial charge in [-0.05, 0) is 36.1 Å². The second-order valence-electron chi connectivity index (χ2n) is 6.71. The summed E-state index contributed by atoms with van der Waals surface area (Å²) < 4.78 is 1.49. The largest absolute Gasteiger partial charge is 0.350 e. The average molecular weight is 411 g/mol. The first-order valence-corrected chi connectivity index (χ1v) is 9.79. The summed E-state index contributed by atoms with van der Waals surface area (Å²) in [5.41, 5.74) is 2.41. The Kier molecular flexibility index (Phi) is 7.03. The Hall–Kier alpha value is -3.12. The molecule has 3 rings (SSSR count). The lowest BCUT2D eigenvalue weighted by Crippen LogP contribution is -2.26. The first-order chi connectivity index (χ1) is 14.0. The second kappa shape index (κ2) is 9.89. The monoisotopic (exact) mass is 410 g/mol. The lowest BCUT2D eigenvalue weighted by Gasteiger charge is -2.05. The van der Waals surface area contributed by atoms with E-state index in [0.29, 0.717) is 36.6 Å². The Morgan fingerprint density at radius 3 is 2.52 bits per heavy atom. The van der Waals surface area contributed by atoms with Crippen LogP contribution in [0.25, 0.3) is 0 Å². The predicted octanol–water partition coefficient (Wildman–Crippen LogP) is 3.62. The molecule has 0 fully saturated rings. The van der Waals surface area contributed by atoms with Gasteiger partial charge in [0, 0.05) is 31.1 Å². The molecule has 0 atom stereocenters. The van der Waals surface area contributed by atoms with Gasteiger partial charge in [-0.1, -0.05) is 54.1 Å². The van der Waals surface area contributed by atoms with Crippen molar-refractivity contribution in [3.05, 3.63) is 82.5 Å². The maximum atomic E-state index is 12.3. The molecule has 1 heterocycles. The van der Waals surface area contributed by atoms with E-state index in [9.17, 15) is 9.59 Å². The number of aryl methyl sites for hydroxylation is 2. The Balaban J connectivity index is 1.49. The second-order valence-corrected chi connectivity index (χ2v) is 7.14. The SMILES string of the molecule is Cn1nc(C(=O)NCCc2cccc(Cl)c2)cc1NC(=O)CCc1ccccc1. The number of aromatic nitrogens is 2. The van der Waals surface area contributed by atoms with Crippen LogP contribution in [0.2, 0.25) is 5.02 Å². The van der Waals surface area contributed by atoms with Crippen molar-refractivity contribution in [1.29, 1.82) is 0 Å². The number of halogens is 1. The number of hydrogen-bond donors (Lipinski definition) is 2. The van der Waals surface area contributed by atoms with E-state index in [1.54, 1.807) is 13.1 Å². The van der Waals surface area contributed by atoms with Crippen molar-refractivity contribution in [2.45, 2.75) is 19.3 Å². The van der Waals surface area contributed by atoms with E-state index in [2.05, 4.69) is 15.7 Å². The van der Waals surface area contributed by atoms with Gasteiger partial charge in [0.1, 0.15) is 5.82 Å². The van der Waals surface area contributed by atoms with Crippen LogP contribution in [-0.4, -0.2) is 28.1 Å². The molecule has 0 saturated carbocycles. The highest BCUT2D eigenvalue weighted by Crippen LogP contribution is 2.12. The van der Waals surface area contributed by atoms with E-state index in [-0.39, 0.29) is 17.5 Å². The van der Waals surface area contributed by atoms with Crippen LogP contribution in [0.5, 0.6) is 0 Å². The van der Waals surface area contributed by atoms with Gasteiger partial charge in [0.25, 0.3) is 5.91 Å². The normalized spacial score (nSPS) is 10.6. The van der Waals surface area contributed by atoms with Crippen molar-refractivity contribution < 1.29 is 9.59 Å². The number of carbonyl (C=O) groups is 2. The molecule has 0 spiro atoms. The molecule has 6 nitrogen and oxygen atoms in total. The van der Waals surface area contributed by atoms with Crippen molar-refractivity contribution in [2.24, 2.45) is 7.05 Å². The van der Waals surface area contributed by atoms with Crippen LogP contribution in [0, 0.1) is 0 Å². The summed E-state index contributed by atoms with van der Waals surface area (Å²) in [6.45, 7) is 0.467. The van der Waals surface area contributed by atoms with Crippen LogP contribution in [0.1, 0.15) is 28.0 Å². The van der Waals surface area contributed by atoms with Gasteiger partial charge in [-0.3, -0.25) is 14.3 Å². The third kappa shape index (κ3) is 6.19. The maximum absolute atomic E-state index is 12.3. The van der Waals surface area contributed by atoms with Crippen molar-refractivity contribution in [3.63, 3.8) is 0 Å². The molecule has 0 aliphatic carbocycles. The maximum Gasteiger partial charge on any atom is 0.271 e. The Morgan fingerprint density at radius 2 is 1.76 bits per heavy atom. The summed E-state index contributed by atoms with van der Waals surface area (Å²) in [6, 6.07) is 18.9. The summed E-state index contributed by atoms with van der Waals surface area (Å²) in [5.74, 6) is 0.0835. The molecule has 0 bridgehead atoms. The zero-order valence-corrected chi connectivity index (χ0v) is 16.9. The first kappa shape index (κ1) is 20.6. The molecule has 150 valence electrons. The third-order valence-electron chi connectivity index (χ3n) is 4.45. The van der Waals surface area contributed by atoms with E-state index >= 15 is 0 Å². The lowest BCUT2D eigenvalue weighted by atomic mass is 10.1. The van der Waals surface area contributed by atoms with Crippen molar-refractivity contribution in [3.8, 4) is 0 Å². The predicted molar refractivity (Wildman–Crippen MR) is 114 cm³/mol. The third-order valence-corrected chi connectivity index (χ3v) is 4.69. The van der Waals surface area contributed by atoms with Gasteiger partial charge in [-0.2, -0.15) is 5.10 Å². The number of amides is 2. The van der Waals surface area contributed by atoms with E-state index in [4.69, 9.17) is 11.6 Å². The Bertz CT molecular complexity index is 985. The number of anilines is 1. The molecule has 2 aromatic carbocycles. The smallest absolute Gasteiger partial charge is 0.271 e. The molecule has 3 aromatic rings. The van der Waals surface area contributed by atoms with Crippen molar-refractivity contribution in [1.82, 2.24) is 15.1 Å². The number of nitrogens with zero attached hydrogens (tertiary/aromatic N) is 2. The van der Waals surface area contributed by atoms with Gasteiger partial charge in [0.2, 0.25) is 5.91 Å². The molecule has 29 heavy (non-hydrogen) atoms. The average Bonchev–Trinajstić information content (AvgIpc) is 3.07. The number of benzene rings is 2. The molecule has 2 amide bonds. The minimum absolute atomic E-state index is 0.121. The molecule has 0 unspecified atom stereocenters. The molecular weight excluding hydrogens is 388 g/mol. The summed E-state index contributed by atoms with van der Waals surface area (Å²) in [6.07, 6.45) is 1.68. The molecule has 1 aromatic heterocycles. The molecule has 0 radical (unpaired) electrons. The summed E-state index contributed by atoms with van der Waals surface area (Å²) in [4.78, 5) is 24.5. The molecule has 0 aliphatic rings. The molecule has 2 N–H and O–H groups in total. The molecular formula is C22H23ClN4O2. The van der Waals surface area contributed by atoms with E-state index in [1.165, 1.54) is 4.68 Å². The molecule has 0 aliphatic heterocycles. The first-order valence-electron chi connectivity index (χ1n) is 9.42. The Morgan fingerprint density at radius 1 is 1.00 bits per heavy atom. The molecule has 0 saturated heterocycles. The summed E-state index contributed by atoms with van der Waals surface area (Å²) >= 11 is 5.97. The van der Waals surface area contributed by atoms with Gasteiger partial charge in [0.15, 0.2) is 5.69 Å². The van der Waals surface area contributed by atoms with Gasteiger partial charge in [-0.15, -0.1) is 0 Å². The highest BCUT2D eigenvalue weighted by molar-refractivity contribution is 6.30. The van der Waals surface area contributed by atoms with Crippen LogP contribution >= 0.6 is 11.6 Å².